The van der Waals surface area contributed by atoms with Gasteiger partial charge in [0.1, 0.15) is 5.75 Å². The van der Waals surface area contributed by atoms with Crippen molar-refractivity contribution in [3.8, 4) is 5.75 Å². The lowest BCUT2D eigenvalue weighted by molar-refractivity contribution is -0.116. The lowest BCUT2D eigenvalue weighted by atomic mass is 10.2. The zero-order chi connectivity index (χ0) is 17.4. The molecule has 1 amide bonds. The number of anilines is 1. The van der Waals surface area contributed by atoms with Gasteiger partial charge in [-0.3, -0.25) is 4.79 Å². The van der Waals surface area contributed by atoms with Crippen molar-refractivity contribution in [1.29, 1.82) is 0 Å². The van der Waals surface area contributed by atoms with Gasteiger partial charge in [-0.05, 0) is 50.7 Å². The summed E-state index contributed by atoms with van der Waals surface area (Å²) in [6.07, 6.45) is 0.610. The number of ether oxygens (including phenoxy) is 1. The van der Waals surface area contributed by atoms with Gasteiger partial charge < -0.3 is 15.0 Å². The number of hydrogen-bond acceptors (Lipinski definition) is 3. The normalized spacial score (nSPS) is 10.9. The highest BCUT2D eigenvalue weighted by Gasteiger charge is 2.06. The van der Waals surface area contributed by atoms with Crippen molar-refractivity contribution in [3.05, 3.63) is 60.2 Å². The molecule has 4 nitrogen and oxygen atoms in total. The Morgan fingerprint density at radius 3 is 2.38 bits per heavy atom. The van der Waals surface area contributed by atoms with Gasteiger partial charge in [0, 0.05) is 25.2 Å². The van der Waals surface area contributed by atoms with Crippen molar-refractivity contribution >= 4 is 11.6 Å². The van der Waals surface area contributed by atoms with Crippen LogP contribution in [0.5, 0.6) is 5.75 Å². The Labute approximate surface area is 144 Å². The van der Waals surface area contributed by atoms with E-state index >= 15 is 0 Å². The highest BCUT2D eigenvalue weighted by molar-refractivity contribution is 5.90. The Balaban J connectivity index is 1.74. The second kappa shape index (κ2) is 9.08. The van der Waals surface area contributed by atoms with Gasteiger partial charge in [-0.2, -0.15) is 0 Å². The van der Waals surface area contributed by atoms with Crippen LogP contribution in [-0.4, -0.2) is 30.5 Å². The predicted molar refractivity (Wildman–Crippen MR) is 98.2 cm³/mol. The number of carbonyl (C=O) groups excluding carboxylic acids is 1. The molecule has 0 aromatic heterocycles. The number of carbonyl (C=O) groups is 1. The van der Waals surface area contributed by atoms with Crippen LogP contribution in [0.15, 0.2) is 54.6 Å². The molecule has 0 saturated heterocycles. The van der Waals surface area contributed by atoms with Gasteiger partial charge in [0.25, 0.3) is 0 Å². The van der Waals surface area contributed by atoms with Gasteiger partial charge in [0.2, 0.25) is 5.91 Å². The number of nitrogens with one attached hydrogen (secondary N) is 1. The Kier molecular flexibility index (Phi) is 6.82. The van der Waals surface area contributed by atoms with Crippen molar-refractivity contribution in [2.45, 2.75) is 32.9 Å². The standard InChI is InChI=1S/C20H26N2O2/c1-16(2)24-19-11-9-18(10-12-19)21-20(23)13-14-22(3)15-17-7-5-4-6-8-17/h4-12,16H,13-15H2,1-3H3,(H,21,23). The van der Waals surface area contributed by atoms with Crippen LogP contribution < -0.4 is 10.1 Å². The fourth-order valence-electron chi connectivity index (χ4n) is 2.38. The Bertz CT molecular complexity index is 624. The van der Waals surface area contributed by atoms with E-state index in [1.54, 1.807) is 0 Å². The van der Waals surface area contributed by atoms with Crippen LogP contribution >= 0.6 is 0 Å². The molecule has 0 atom stereocenters. The summed E-state index contributed by atoms with van der Waals surface area (Å²) in [4.78, 5) is 14.2. The summed E-state index contributed by atoms with van der Waals surface area (Å²) in [5.74, 6) is 0.832. The third-order valence-corrected chi connectivity index (χ3v) is 3.53. The first-order valence-electron chi connectivity index (χ1n) is 8.32. The lowest BCUT2D eigenvalue weighted by Gasteiger charge is -2.16. The molecule has 1 N–H and O–H groups in total. The Hall–Kier alpha value is -2.33. The summed E-state index contributed by atoms with van der Waals surface area (Å²) in [6.45, 7) is 5.54. The van der Waals surface area contributed by atoms with E-state index in [9.17, 15) is 4.79 Å². The van der Waals surface area contributed by atoms with E-state index in [0.717, 1.165) is 24.5 Å². The third-order valence-electron chi connectivity index (χ3n) is 3.53. The van der Waals surface area contributed by atoms with Crippen LogP contribution in [0, 0.1) is 0 Å². The van der Waals surface area contributed by atoms with E-state index in [1.807, 2.05) is 63.4 Å². The summed E-state index contributed by atoms with van der Waals surface area (Å²) < 4.78 is 5.59. The third kappa shape index (κ3) is 6.42. The SMILES string of the molecule is CC(C)Oc1ccc(NC(=O)CCN(C)Cc2ccccc2)cc1. The van der Waals surface area contributed by atoms with E-state index in [2.05, 4.69) is 22.3 Å². The van der Waals surface area contributed by atoms with Crippen LogP contribution in [0.2, 0.25) is 0 Å². The molecule has 0 aliphatic carbocycles. The van der Waals surface area contributed by atoms with Gasteiger partial charge in [0.05, 0.1) is 6.10 Å². The summed E-state index contributed by atoms with van der Waals surface area (Å²) in [5, 5.41) is 2.92. The smallest absolute Gasteiger partial charge is 0.225 e. The quantitative estimate of drug-likeness (QED) is 0.799. The monoisotopic (exact) mass is 326 g/mol. The number of benzene rings is 2. The molecule has 0 heterocycles. The van der Waals surface area contributed by atoms with Crippen molar-refractivity contribution in [2.24, 2.45) is 0 Å². The molecule has 0 aliphatic rings. The molecule has 128 valence electrons. The number of amides is 1. The van der Waals surface area contributed by atoms with Crippen LogP contribution in [-0.2, 0) is 11.3 Å². The molecule has 0 aliphatic heterocycles. The zero-order valence-electron chi connectivity index (χ0n) is 14.7. The Morgan fingerprint density at radius 2 is 1.75 bits per heavy atom. The first kappa shape index (κ1) is 18.0. The minimum Gasteiger partial charge on any atom is -0.491 e. The average Bonchev–Trinajstić information content (AvgIpc) is 2.55. The van der Waals surface area contributed by atoms with E-state index in [1.165, 1.54) is 5.56 Å². The summed E-state index contributed by atoms with van der Waals surface area (Å²) >= 11 is 0. The van der Waals surface area contributed by atoms with E-state index in [4.69, 9.17) is 4.74 Å². The molecule has 0 fully saturated rings. The Morgan fingerprint density at radius 1 is 1.08 bits per heavy atom. The van der Waals surface area contributed by atoms with Gasteiger partial charge in [-0.1, -0.05) is 30.3 Å². The van der Waals surface area contributed by atoms with Crippen LogP contribution in [0.1, 0.15) is 25.8 Å². The zero-order valence-corrected chi connectivity index (χ0v) is 14.7. The maximum absolute atomic E-state index is 12.1. The molecule has 2 rings (SSSR count). The molecule has 2 aromatic rings. The number of hydrogen-bond donors (Lipinski definition) is 1. The molecular formula is C20H26N2O2. The summed E-state index contributed by atoms with van der Waals surface area (Å²) in [5.41, 5.74) is 2.04. The van der Waals surface area contributed by atoms with Crippen molar-refractivity contribution < 1.29 is 9.53 Å². The molecule has 0 radical (unpaired) electrons. The fraction of sp³-hybridized carbons (Fsp3) is 0.350. The van der Waals surface area contributed by atoms with Crippen molar-refractivity contribution in [1.82, 2.24) is 4.90 Å². The van der Waals surface area contributed by atoms with Gasteiger partial charge in [0.15, 0.2) is 0 Å². The first-order valence-corrected chi connectivity index (χ1v) is 8.32. The van der Waals surface area contributed by atoms with E-state index < -0.39 is 0 Å². The number of rotatable bonds is 8. The maximum Gasteiger partial charge on any atom is 0.225 e. The second-order valence-corrected chi connectivity index (χ2v) is 6.21. The molecule has 0 saturated carbocycles. The molecular weight excluding hydrogens is 300 g/mol. The maximum atomic E-state index is 12.1. The number of nitrogens with zero attached hydrogens (tertiary/aromatic N) is 1. The molecule has 0 spiro atoms. The second-order valence-electron chi connectivity index (χ2n) is 6.21. The van der Waals surface area contributed by atoms with Gasteiger partial charge in [-0.15, -0.1) is 0 Å². The fourth-order valence-corrected chi connectivity index (χ4v) is 2.38. The van der Waals surface area contributed by atoms with Gasteiger partial charge >= 0.3 is 0 Å². The highest BCUT2D eigenvalue weighted by atomic mass is 16.5. The molecule has 2 aromatic carbocycles. The van der Waals surface area contributed by atoms with Crippen molar-refractivity contribution in [3.63, 3.8) is 0 Å². The molecule has 4 heteroatoms. The van der Waals surface area contributed by atoms with Crippen LogP contribution in [0.3, 0.4) is 0 Å². The summed E-state index contributed by atoms with van der Waals surface area (Å²) in [7, 11) is 2.03. The lowest BCUT2D eigenvalue weighted by Crippen LogP contribution is -2.24. The molecule has 0 bridgehead atoms. The van der Waals surface area contributed by atoms with Crippen LogP contribution in [0.4, 0.5) is 5.69 Å². The van der Waals surface area contributed by atoms with Crippen molar-refractivity contribution in [2.75, 3.05) is 18.9 Å². The highest BCUT2D eigenvalue weighted by Crippen LogP contribution is 2.17. The van der Waals surface area contributed by atoms with E-state index in [-0.39, 0.29) is 12.0 Å². The first-order chi connectivity index (χ1) is 11.5. The largest absolute Gasteiger partial charge is 0.491 e. The molecule has 24 heavy (non-hydrogen) atoms. The van der Waals surface area contributed by atoms with Crippen LogP contribution in [0.25, 0.3) is 0 Å². The molecule has 0 unspecified atom stereocenters. The van der Waals surface area contributed by atoms with E-state index in [0.29, 0.717) is 6.42 Å². The topological polar surface area (TPSA) is 41.6 Å². The minimum atomic E-state index is 0.0208. The predicted octanol–water partition coefficient (Wildman–Crippen LogP) is 3.93. The average molecular weight is 326 g/mol. The van der Waals surface area contributed by atoms with Gasteiger partial charge in [-0.25, -0.2) is 0 Å². The minimum absolute atomic E-state index is 0.0208. The summed E-state index contributed by atoms with van der Waals surface area (Å²) in [6, 6.07) is 17.7.